The van der Waals surface area contributed by atoms with Crippen LogP contribution in [0.2, 0.25) is 0 Å². The molecule has 5 aromatic rings. The van der Waals surface area contributed by atoms with Crippen molar-refractivity contribution in [3.63, 3.8) is 0 Å². The van der Waals surface area contributed by atoms with Crippen molar-refractivity contribution in [3.05, 3.63) is 82.1 Å². The lowest BCUT2D eigenvalue weighted by Gasteiger charge is -2.26. The molecule has 0 aliphatic carbocycles. The van der Waals surface area contributed by atoms with Gasteiger partial charge in [0.25, 0.3) is 5.56 Å². The van der Waals surface area contributed by atoms with E-state index >= 15 is 0 Å². The molecule has 320 valence electrons. The first-order valence-corrected chi connectivity index (χ1v) is 19.9. The third kappa shape index (κ3) is 10.2. The number of hydrogen-bond donors (Lipinski definition) is 3. The molecule has 1 aromatic heterocycles. The monoisotopic (exact) mass is 826 g/mol. The molecular formula is C46H54N2O12. The van der Waals surface area contributed by atoms with Crippen LogP contribution in [-0.2, 0) is 11.2 Å². The van der Waals surface area contributed by atoms with Crippen molar-refractivity contribution < 1.29 is 52.6 Å². The number of benzene rings is 4. The topological polar surface area (TPSA) is 173 Å². The number of pyridine rings is 1. The fourth-order valence-electron chi connectivity index (χ4n) is 6.79. The molecule has 3 N–H and O–H groups in total. The zero-order chi connectivity index (χ0) is 43.3. The smallest absolute Gasteiger partial charge is 0.255 e. The number of anilines is 1. The summed E-state index contributed by atoms with van der Waals surface area (Å²) in [4.78, 5) is 41.3. The molecule has 14 nitrogen and oxygen atoms in total. The normalized spacial score (nSPS) is 13.0. The number of carbonyl (C=O) groups is 2. The zero-order valence-corrected chi connectivity index (χ0v) is 35.4. The van der Waals surface area contributed by atoms with E-state index < -0.39 is 5.92 Å². The number of methoxy groups -OCH3 is 6. The zero-order valence-electron chi connectivity index (χ0n) is 35.4. The van der Waals surface area contributed by atoms with Crippen molar-refractivity contribution in [3.8, 4) is 63.2 Å². The molecule has 1 unspecified atom stereocenters. The molecule has 0 fully saturated rings. The minimum absolute atomic E-state index is 0.0460. The number of nitrogens with one attached hydrogen (secondary N) is 2. The summed E-state index contributed by atoms with van der Waals surface area (Å²) >= 11 is 0. The van der Waals surface area contributed by atoms with Crippen LogP contribution in [0.1, 0.15) is 74.7 Å². The number of fused-ring (bicyclic) bond motifs is 2. The summed E-state index contributed by atoms with van der Waals surface area (Å²) in [5, 5.41) is 14.2. The van der Waals surface area contributed by atoms with Crippen molar-refractivity contribution in [2.45, 2.75) is 65.2 Å². The Morgan fingerprint density at radius 1 is 0.583 bits per heavy atom. The summed E-state index contributed by atoms with van der Waals surface area (Å²) in [5.74, 6) is 3.35. The molecule has 4 aromatic carbocycles. The molecule has 0 radical (unpaired) electrons. The van der Waals surface area contributed by atoms with Crippen LogP contribution in [-0.4, -0.2) is 64.4 Å². The van der Waals surface area contributed by atoms with Crippen LogP contribution in [0, 0.1) is 5.92 Å². The van der Waals surface area contributed by atoms with E-state index in [4.69, 9.17) is 37.9 Å². The predicted molar refractivity (Wildman–Crippen MR) is 229 cm³/mol. The second-order valence-electron chi connectivity index (χ2n) is 14.0. The predicted octanol–water partition coefficient (Wildman–Crippen LogP) is 9.62. The highest BCUT2D eigenvalue weighted by molar-refractivity contribution is 6.22. The maximum atomic E-state index is 13.1. The lowest BCUT2D eigenvalue weighted by Crippen LogP contribution is -2.35. The van der Waals surface area contributed by atoms with E-state index in [1.807, 2.05) is 0 Å². The Bertz CT molecular complexity index is 2360. The standard InChI is InChI=1S/2C23H27NO6/c2*1-5-6-7-8-16-22(25)17-11-15(28-3)13-20(21(17)24-23(16)26)30-18-10-9-14(27-2)12-19(18)29-4/h9-13H,5-8H2,1-4H3,(H2,24,25,26);9-13,16H,5-8H2,1-4H3,(H,24,26). The van der Waals surface area contributed by atoms with Gasteiger partial charge < -0.3 is 53.3 Å². The second-order valence-corrected chi connectivity index (χ2v) is 14.0. The summed E-state index contributed by atoms with van der Waals surface area (Å²) in [7, 11) is 9.23. The summed E-state index contributed by atoms with van der Waals surface area (Å²) in [6, 6.07) is 16.9. The molecule has 6 rings (SSSR count). The minimum atomic E-state index is -0.695. The number of amides is 1. The first-order valence-electron chi connectivity index (χ1n) is 19.9. The Morgan fingerprint density at radius 2 is 1.12 bits per heavy atom. The quantitative estimate of drug-likeness (QED) is 0.0565. The maximum absolute atomic E-state index is 13.1. The highest BCUT2D eigenvalue weighted by Gasteiger charge is 2.36. The number of hydrogen-bond acceptors (Lipinski definition) is 12. The van der Waals surface area contributed by atoms with Gasteiger partial charge >= 0.3 is 0 Å². The molecule has 0 saturated heterocycles. The molecule has 1 aliphatic heterocycles. The number of carbonyl (C=O) groups excluding carboxylic acids is 2. The number of unbranched alkanes of at least 4 members (excludes halogenated alkanes) is 4. The number of H-pyrrole nitrogens is 1. The molecular weight excluding hydrogens is 773 g/mol. The fraction of sp³-hybridized carbons (Fsp3) is 0.370. The number of aromatic nitrogens is 1. The average molecular weight is 827 g/mol. The number of Topliss-reactive ketones (excluding diaryl/α,β-unsaturated/α-hetero) is 1. The van der Waals surface area contributed by atoms with E-state index in [2.05, 4.69) is 24.1 Å². The number of aromatic amines is 1. The highest BCUT2D eigenvalue weighted by atomic mass is 16.5. The molecule has 60 heavy (non-hydrogen) atoms. The van der Waals surface area contributed by atoms with Gasteiger partial charge in [-0.1, -0.05) is 46.0 Å². The van der Waals surface area contributed by atoms with Crippen LogP contribution >= 0.6 is 0 Å². The third-order valence-corrected chi connectivity index (χ3v) is 10.1. The van der Waals surface area contributed by atoms with Crippen LogP contribution in [0.25, 0.3) is 10.9 Å². The van der Waals surface area contributed by atoms with Crippen molar-refractivity contribution in [2.75, 3.05) is 48.0 Å². The summed E-state index contributed by atoms with van der Waals surface area (Å²) < 4.78 is 44.1. The van der Waals surface area contributed by atoms with Gasteiger partial charge in [0.2, 0.25) is 5.91 Å². The van der Waals surface area contributed by atoms with Crippen LogP contribution in [0.15, 0.2) is 65.5 Å². The Labute approximate surface area is 349 Å². The maximum Gasteiger partial charge on any atom is 0.255 e. The number of ether oxygens (including phenoxy) is 8. The van der Waals surface area contributed by atoms with Crippen molar-refractivity contribution in [1.82, 2.24) is 4.98 Å². The Morgan fingerprint density at radius 3 is 1.68 bits per heavy atom. The van der Waals surface area contributed by atoms with Gasteiger partial charge in [-0.2, -0.15) is 0 Å². The molecule has 1 amide bonds. The van der Waals surface area contributed by atoms with Crippen molar-refractivity contribution in [1.29, 1.82) is 0 Å². The lowest BCUT2D eigenvalue weighted by atomic mass is 9.87. The summed E-state index contributed by atoms with van der Waals surface area (Å²) in [5.41, 5.74) is 1.16. The van der Waals surface area contributed by atoms with Crippen LogP contribution in [0.4, 0.5) is 5.69 Å². The average Bonchev–Trinajstić information content (AvgIpc) is 3.26. The van der Waals surface area contributed by atoms with Gasteiger partial charge in [0.05, 0.1) is 59.4 Å². The Kier molecular flexibility index (Phi) is 15.5. The van der Waals surface area contributed by atoms with E-state index in [0.717, 1.165) is 38.5 Å². The molecule has 2 heterocycles. The number of aromatic hydroxyl groups is 1. The van der Waals surface area contributed by atoms with E-state index in [1.54, 1.807) is 74.9 Å². The van der Waals surface area contributed by atoms with Gasteiger partial charge in [-0.25, -0.2) is 0 Å². The minimum Gasteiger partial charge on any atom is -0.507 e. The first kappa shape index (κ1) is 44.5. The van der Waals surface area contributed by atoms with Crippen LogP contribution < -0.4 is 48.8 Å². The Hall–Kier alpha value is -6.57. The Balaban J connectivity index is 0.000000228. The van der Waals surface area contributed by atoms with Gasteiger partial charge in [-0.05, 0) is 55.7 Å². The van der Waals surface area contributed by atoms with E-state index in [1.165, 1.54) is 28.4 Å². The van der Waals surface area contributed by atoms with Gasteiger partial charge in [0.1, 0.15) is 34.7 Å². The fourth-order valence-corrected chi connectivity index (χ4v) is 6.79. The molecule has 1 aliphatic rings. The molecule has 0 spiro atoms. The SMILES string of the molecule is CCCCCC1C(=O)Nc2c(Oc3ccc(OC)cc3OC)cc(OC)cc2C1=O.CCCCCc1c(O)c2cc(OC)cc(Oc3ccc(OC)cc3OC)c2[nH]c1=O. The van der Waals surface area contributed by atoms with Gasteiger partial charge in [-0.15, -0.1) is 0 Å². The lowest BCUT2D eigenvalue weighted by molar-refractivity contribution is -0.119. The number of rotatable bonds is 18. The van der Waals surface area contributed by atoms with Gasteiger partial charge in [-0.3, -0.25) is 14.4 Å². The highest BCUT2D eigenvalue weighted by Crippen LogP contribution is 2.44. The molecule has 0 bridgehead atoms. The van der Waals surface area contributed by atoms with Crippen molar-refractivity contribution in [2.24, 2.45) is 5.92 Å². The second kappa shape index (κ2) is 20.9. The molecule has 0 saturated carbocycles. The van der Waals surface area contributed by atoms with E-state index in [9.17, 15) is 19.5 Å². The van der Waals surface area contributed by atoms with E-state index in [0.29, 0.717) is 98.1 Å². The van der Waals surface area contributed by atoms with E-state index in [-0.39, 0.29) is 23.0 Å². The van der Waals surface area contributed by atoms with Gasteiger partial charge in [0.15, 0.2) is 40.3 Å². The largest absolute Gasteiger partial charge is 0.507 e. The molecule has 14 heteroatoms. The van der Waals surface area contributed by atoms with Gasteiger partial charge in [0, 0.05) is 35.2 Å². The van der Waals surface area contributed by atoms with Crippen molar-refractivity contribution >= 4 is 28.3 Å². The molecule has 1 atom stereocenters. The summed E-state index contributed by atoms with van der Waals surface area (Å²) in [6.07, 6.45) is 6.70. The third-order valence-electron chi connectivity index (χ3n) is 10.1. The first-order chi connectivity index (χ1) is 29.0. The summed E-state index contributed by atoms with van der Waals surface area (Å²) in [6.45, 7) is 4.17. The number of ketones is 1. The van der Waals surface area contributed by atoms with Crippen LogP contribution in [0.3, 0.4) is 0 Å². The van der Waals surface area contributed by atoms with Crippen LogP contribution in [0.5, 0.6) is 63.2 Å².